The predicted molar refractivity (Wildman–Crippen MR) is 93.1 cm³/mol. The van der Waals surface area contributed by atoms with Gasteiger partial charge >= 0.3 is 6.03 Å². The largest absolute Gasteiger partial charge is 0.497 e. The number of likely N-dealkylation sites (tertiary alicyclic amines) is 1. The molecular weight excluding hydrogens is 306 g/mol. The van der Waals surface area contributed by atoms with Gasteiger partial charge in [-0.05, 0) is 37.0 Å². The van der Waals surface area contributed by atoms with E-state index in [1.165, 1.54) is 0 Å². The van der Waals surface area contributed by atoms with Gasteiger partial charge in [-0.1, -0.05) is 19.1 Å². The molecule has 0 aromatic heterocycles. The standard InChI is InChI=1S/C18H27N3O3/c1-3-10-19-18(23)20-15-8-11-21(12-9-15)17(22)13-14-4-6-16(24-2)7-5-14/h4-7,15H,3,8-13H2,1-2H3,(H2,19,20,23). The van der Waals surface area contributed by atoms with E-state index in [2.05, 4.69) is 10.6 Å². The first-order valence-corrected chi connectivity index (χ1v) is 8.57. The van der Waals surface area contributed by atoms with Crippen LogP contribution < -0.4 is 15.4 Å². The number of hydrogen-bond donors (Lipinski definition) is 2. The van der Waals surface area contributed by atoms with Crippen molar-refractivity contribution in [3.05, 3.63) is 29.8 Å². The predicted octanol–water partition coefficient (Wildman–Crippen LogP) is 1.94. The Kier molecular flexibility index (Phi) is 6.90. The lowest BCUT2D eigenvalue weighted by atomic mass is 10.0. The van der Waals surface area contributed by atoms with E-state index >= 15 is 0 Å². The molecule has 132 valence electrons. The van der Waals surface area contributed by atoms with E-state index in [-0.39, 0.29) is 18.0 Å². The molecule has 6 heteroatoms. The number of rotatable bonds is 6. The fourth-order valence-corrected chi connectivity index (χ4v) is 2.78. The van der Waals surface area contributed by atoms with Gasteiger partial charge in [0.1, 0.15) is 5.75 Å². The molecule has 2 N–H and O–H groups in total. The molecule has 24 heavy (non-hydrogen) atoms. The molecule has 1 saturated heterocycles. The average molecular weight is 333 g/mol. The van der Waals surface area contributed by atoms with E-state index < -0.39 is 0 Å². The Morgan fingerprint density at radius 2 is 1.88 bits per heavy atom. The highest BCUT2D eigenvalue weighted by Gasteiger charge is 2.23. The normalized spacial score (nSPS) is 15.0. The van der Waals surface area contributed by atoms with Crippen LogP contribution in [0.5, 0.6) is 5.75 Å². The molecule has 3 amide bonds. The second-order valence-electron chi connectivity index (χ2n) is 6.08. The number of carbonyl (C=O) groups is 2. The molecule has 1 aliphatic rings. The Hall–Kier alpha value is -2.24. The number of urea groups is 1. The van der Waals surface area contributed by atoms with Crippen LogP contribution in [-0.4, -0.2) is 49.6 Å². The Morgan fingerprint density at radius 1 is 1.21 bits per heavy atom. The van der Waals surface area contributed by atoms with Crippen LogP contribution in [0.4, 0.5) is 4.79 Å². The van der Waals surface area contributed by atoms with Crippen LogP contribution in [0.1, 0.15) is 31.7 Å². The highest BCUT2D eigenvalue weighted by atomic mass is 16.5. The minimum atomic E-state index is -0.111. The van der Waals surface area contributed by atoms with Gasteiger partial charge in [-0.2, -0.15) is 0 Å². The maximum Gasteiger partial charge on any atom is 0.315 e. The smallest absolute Gasteiger partial charge is 0.315 e. The lowest BCUT2D eigenvalue weighted by molar-refractivity contribution is -0.131. The number of nitrogens with one attached hydrogen (secondary N) is 2. The third kappa shape index (κ3) is 5.44. The molecular formula is C18H27N3O3. The minimum absolute atomic E-state index is 0.111. The summed E-state index contributed by atoms with van der Waals surface area (Å²) in [6.07, 6.45) is 2.92. The van der Waals surface area contributed by atoms with Crippen molar-refractivity contribution >= 4 is 11.9 Å². The van der Waals surface area contributed by atoms with Crippen LogP contribution in [-0.2, 0) is 11.2 Å². The Balaban J connectivity index is 1.74. The molecule has 1 aromatic carbocycles. The second kappa shape index (κ2) is 9.15. The van der Waals surface area contributed by atoms with E-state index in [0.717, 1.165) is 30.6 Å². The van der Waals surface area contributed by atoms with Gasteiger partial charge in [0.2, 0.25) is 5.91 Å². The van der Waals surface area contributed by atoms with Crippen LogP contribution in [0.2, 0.25) is 0 Å². The zero-order valence-corrected chi connectivity index (χ0v) is 14.5. The summed E-state index contributed by atoms with van der Waals surface area (Å²) in [4.78, 5) is 25.9. The number of ether oxygens (including phenoxy) is 1. The van der Waals surface area contributed by atoms with Crippen molar-refractivity contribution in [2.24, 2.45) is 0 Å². The lowest BCUT2D eigenvalue weighted by Gasteiger charge is -2.32. The SMILES string of the molecule is CCCNC(=O)NC1CCN(C(=O)Cc2ccc(OC)cc2)CC1. The number of carbonyl (C=O) groups excluding carboxylic acids is 2. The van der Waals surface area contributed by atoms with Gasteiger partial charge in [0.05, 0.1) is 13.5 Å². The van der Waals surface area contributed by atoms with E-state index in [9.17, 15) is 9.59 Å². The van der Waals surface area contributed by atoms with Gasteiger partial charge in [-0.3, -0.25) is 4.79 Å². The maximum absolute atomic E-state index is 12.4. The first-order chi connectivity index (χ1) is 11.6. The lowest BCUT2D eigenvalue weighted by Crippen LogP contribution is -2.49. The molecule has 0 aliphatic carbocycles. The van der Waals surface area contributed by atoms with Gasteiger partial charge in [0.15, 0.2) is 0 Å². The van der Waals surface area contributed by atoms with Crippen LogP contribution >= 0.6 is 0 Å². The van der Waals surface area contributed by atoms with Crippen molar-refractivity contribution in [1.29, 1.82) is 0 Å². The van der Waals surface area contributed by atoms with Crippen molar-refractivity contribution < 1.29 is 14.3 Å². The van der Waals surface area contributed by atoms with Crippen LogP contribution in [0.15, 0.2) is 24.3 Å². The molecule has 0 saturated carbocycles. The van der Waals surface area contributed by atoms with Crippen LogP contribution in [0, 0.1) is 0 Å². The molecule has 1 heterocycles. The van der Waals surface area contributed by atoms with Crippen molar-refractivity contribution in [2.75, 3.05) is 26.7 Å². The molecule has 2 rings (SSSR count). The molecule has 6 nitrogen and oxygen atoms in total. The summed E-state index contributed by atoms with van der Waals surface area (Å²) < 4.78 is 5.12. The molecule has 0 atom stereocenters. The monoisotopic (exact) mass is 333 g/mol. The number of piperidine rings is 1. The zero-order valence-electron chi connectivity index (χ0n) is 14.5. The number of nitrogens with zero attached hydrogens (tertiary/aromatic N) is 1. The number of benzene rings is 1. The molecule has 0 bridgehead atoms. The molecule has 0 spiro atoms. The van der Waals surface area contributed by atoms with Crippen LogP contribution in [0.25, 0.3) is 0 Å². The Morgan fingerprint density at radius 3 is 2.46 bits per heavy atom. The third-order valence-corrected chi connectivity index (χ3v) is 4.23. The molecule has 1 fully saturated rings. The quantitative estimate of drug-likeness (QED) is 0.836. The molecule has 0 unspecified atom stereocenters. The van der Waals surface area contributed by atoms with E-state index in [0.29, 0.717) is 26.1 Å². The first-order valence-electron chi connectivity index (χ1n) is 8.57. The summed E-state index contributed by atoms with van der Waals surface area (Å²) in [6.45, 7) is 4.08. The van der Waals surface area contributed by atoms with Gasteiger partial charge in [0.25, 0.3) is 0 Å². The van der Waals surface area contributed by atoms with Crippen molar-refractivity contribution in [3.63, 3.8) is 0 Å². The Bertz CT molecular complexity index is 537. The fourth-order valence-electron chi connectivity index (χ4n) is 2.78. The van der Waals surface area contributed by atoms with E-state index in [1.54, 1.807) is 7.11 Å². The summed E-state index contributed by atoms with van der Waals surface area (Å²) >= 11 is 0. The highest BCUT2D eigenvalue weighted by Crippen LogP contribution is 2.15. The van der Waals surface area contributed by atoms with Crippen molar-refractivity contribution in [1.82, 2.24) is 15.5 Å². The summed E-state index contributed by atoms with van der Waals surface area (Å²) in [5.74, 6) is 0.925. The van der Waals surface area contributed by atoms with Crippen molar-refractivity contribution in [2.45, 2.75) is 38.6 Å². The highest BCUT2D eigenvalue weighted by molar-refractivity contribution is 5.79. The topological polar surface area (TPSA) is 70.7 Å². The second-order valence-corrected chi connectivity index (χ2v) is 6.08. The van der Waals surface area contributed by atoms with Crippen LogP contribution in [0.3, 0.4) is 0 Å². The van der Waals surface area contributed by atoms with E-state index in [4.69, 9.17) is 4.74 Å². The van der Waals surface area contributed by atoms with E-state index in [1.807, 2.05) is 36.1 Å². The summed E-state index contributed by atoms with van der Waals surface area (Å²) in [5, 5.41) is 5.79. The number of methoxy groups -OCH3 is 1. The fraction of sp³-hybridized carbons (Fsp3) is 0.556. The zero-order chi connectivity index (χ0) is 17.4. The molecule has 1 aromatic rings. The first kappa shape index (κ1) is 18.1. The number of hydrogen-bond acceptors (Lipinski definition) is 3. The summed E-state index contributed by atoms with van der Waals surface area (Å²) in [6, 6.07) is 7.61. The number of amides is 3. The molecule has 0 radical (unpaired) electrons. The summed E-state index contributed by atoms with van der Waals surface area (Å²) in [7, 11) is 1.63. The third-order valence-electron chi connectivity index (χ3n) is 4.23. The van der Waals surface area contributed by atoms with Gasteiger partial charge < -0.3 is 20.3 Å². The van der Waals surface area contributed by atoms with Gasteiger partial charge in [-0.15, -0.1) is 0 Å². The van der Waals surface area contributed by atoms with Gasteiger partial charge in [0, 0.05) is 25.7 Å². The maximum atomic E-state index is 12.4. The van der Waals surface area contributed by atoms with Gasteiger partial charge in [-0.25, -0.2) is 4.79 Å². The summed E-state index contributed by atoms with van der Waals surface area (Å²) in [5.41, 5.74) is 0.986. The van der Waals surface area contributed by atoms with Crippen molar-refractivity contribution in [3.8, 4) is 5.75 Å². The average Bonchev–Trinajstić information content (AvgIpc) is 2.61. The molecule has 1 aliphatic heterocycles. The minimum Gasteiger partial charge on any atom is -0.497 e. The Labute approximate surface area is 143 Å².